The number of rotatable bonds is 4. The Morgan fingerprint density at radius 1 is 1.22 bits per heavy atom. The summed E-state index contributed by atoms with van der Waals surface area (Å²) in [6.07, 6.45) is 4.96. The first kappa shape index (κ1) is 24.7. The fourth-order valence-electron chi connectivity index (χ4n) is 3.98. The highest BCUT2D eigenvalue weighted by atomic mass is 79.9. The van der Waals surface area contributed by atoms with Gasteiger partial charge in [0.2, 0.25) is 6.79 Å². The molecule has 36 heavy (non-hydrogen) atoms. The summed E-state index contributed by atoms with van der Waals surface area (Å²) in [6.45, 7) is 7.67. The SMILES string of the molecule is CC(C)(C)OC(=O)N1CCC(=CCn2c(Sc3cc4c(cc3Br)OCO4)nc3c(N)ncnc32)CC1. The second-order valence-corrected chi connectivity index (χ2v) is 11.4. The average molecular weight is 575 g/mol. The molecular weight excluding hydrogens is 548 g/mol. The Morgan fingerprint density at radius 3 is 2.67 bits per heavy atom. The standard InChI is InChI=1S/C24H27BrN6O4S/c1-24(2,3)35-23(32)30-7-4-14(5-8-30)6-9-31-21-19(20(26)27-12-28-21)29-22(31)36-18-11-17-16(10-15(18)25)33-13-34-17/h6,10-12H,4-5,7-9,13H2,1-3H3,(H2,26,27,28). The van der Waals surface area contributed by atoms with Gasteiger partial charge in [0.15, 0.2) is 33.6 Å². The van der Waals surface area contributed by atoms with Crippen LogP contribution >= 0.6 is 27.7 Å². The molecule has 0 saturated carbocycles. The molecule has 10 nitrogen and oxygen atoms in total. The molecule has 1 saturated heterocycles. The van der Waals surface area contributed by atoms with Crippen LogP contribution in [-0.4, -0.2) is 56.0 Å². The monoisotopic (exact) mass is 574 g/mol. The van der Waals surface area contributed by atoms with E-state index >= 15 is 0 Å². The van der Waals surface area contributed by atoms with Crippen LogP contribution in [0.15, 0.2) is 44.6 Å². The van der Waals surface area contributed by atoms with Crippen molar-refractivity contribution >= 4 is 50.8 Å². The van der Waals surface area contributed by atoms with Crippen LogP contribution in [0.25, 0.3) is 11.2 Å². The third-order valence-electron chi connectivity index (χ3n) is 5.77. The molecule has 0 radical (unpaired) electrons. The number of carbonyl (C=O) groups is 1. The van der Waals surface area contributed by atoms with Crippen LogP contribution in [0.3, 0.4) is 0 Å². The van der Waals surface area contributed by atoms with E-state index in [1.165, 1.54) is 23.7 Å². The Hall–Kier alpha value is -2.99. The van der Waals surface area contributed by atoms with Gasteiger partial charge in [-0.2, -0.15) is 0 Å². The van der Waals surface area contributed by atoms with Crippen molar-refractivity contribution in [3.05, 3.63) is 34.6 Å². The van der Waals surface area contributed by atoms with Crippen LogP contribution < -0.4 is 15.2 Å². The minimum Gasteiger partial charge on any atom is -0.454 e. The zero-order valence-electron chi connectivity index (χ0n) is 20.3. The summed E-state index contributed by atoms with van der Waals surface area (Å²) in [4.78, 5) is 28.4. The number of likely N-dealkylation sites (tertiary alicyclic amines) is 1. The molecular formula is C24H27BrN6O4S. The molecule has 0 atom stereocenters. The second-order valence-electron chi connectivity index (χ2n) is 9.50. The molecule has 2 aromatic heterocycles. The molecule has 2 N–H and O–H groups in total. The van der Waals surface area contributed by atoms with E-state index in [2.05, 4.69) is 32.0 Å². The van der Waals surface area contributed by atoms with Crippen molar-refractivity contribution in [1.82, 2.24) is 24.4 Å². The molecule has 190 valence electrons. The fourth-order valence-corrected chi connectivity index (χ4v) is 5.47. The van der Waals surface area contributed by atoms with E-state index in [0.717, 1.165) is 27.4 Å². The van der Waals surface area contributed by atoms with E-state index in [4.69, 9.17) is 24.9 Å². The van der Waals surface area contributed by atoms with Crippen molar-refractivity contribution in [2.75, 3.05) is 25.6 Å². The number of hydrogen-bond donors (Lipinski definition) is 1. The Morgan fingerprint density at radius 2 is 1.94 bits per heavy atom. The fraction of sp³-hybridized carbons (Fsp3) is 0.417. The number of imidazole rings is 1. The minimum atomic E-state index is -0.500. The summed E-state index contributed by atoms with van der Waals surface area (Å²) in [5.74, 6) is 1.74. The van der Waals surface area contributed by atoms with Gasteiger partial charge >= 0.3 is 6.09 Å². The Kier molecular flexibility index (Phi) is 6.73. The molecule has 1 amide bonds. The summed E-state index contributed by atoms with van der Waals surface area (Å²) in [6, 6.07) is 3.83. The van der Waals surface area contributed by atoms with Gasteiger partial charge in [0.1, 0.15) is 11.9 Å². The Bertz CT molecular complexity index is 1340. The molecule has 1 fully saturated rings. The number of allylic oxidation sites excluding steroid dienone is 1. The zero-order valence-corrected chi connectivity index (χ0v) is 22.7. The van der Waals surface area contributed by atoms with Gasteiger partial charge in [-0.1, -0.05) is 23.4 Å². The first-order valence-corrected chi connectivity index (χ1v) is 13.2. The van der Waals surface area contributed by atoms with Crippen LogP contribution in [0.4, 0.5) is 10.6 Å². The largest absolute Gasteiger partial charge is 0.454 e. The van der Waals surface area contributed by atoms with E-state index in [1.54, 1.807) is 4.90 Å². The lowest BCUT2D eigenvalue weighted by molar-refractivity contribution is 0.0236. The van der Waals surface area contributed by atoms with Gasteiger partial charge in [-0.05, 0) is 61.7 Å². The first-order valence-electron chi connectivity index (χ1n) is 11.6. The van der Waals surface area contributed by atoms with Gasteiger partial charge in [0, 0.05) is 29.0 Å². The lowest BCUT2D eigenvalue weighted by atomic mass is 10.0. The average Bonchev–Trinajstić information content (AvgIpc) is 3.42. The third-order valence-corrected chi connectivity index (χ3v) is 7.74. The van der Waals surface area contributed by atoms with Crippen molar-refractivity contribution in [2.24, 2.45) is 0 Å². The number of anilines is 1. The topological polar surface area (TPSA) is 118 Å². The molecule has 0 aliphatic carbocycles. The van der Waals surface area contributed by atoms with Crippen LogP contribution in [0.1, 0.15) is 33.6 Å². The number of aromatic nitrogens is 4. The second kappa shape index (κ2) is 9.81. The van der Waals surface area contributed by atoms with Gasteiger partial charge in [-0.3, -0.25) is 4.57 Å². The number of benzene rings is 1. The predicted molar refractivity (Wildman–Crippen MR) is 139 cm³/mol. The van der Waals surface area contributed by atoms with E-state index in [1.807, 2.05) is 37.5 Å². The zero-order chi connectivity index (χ0) is 25.4. The summed E-state index contributed by atoms with van der Waals surface area (Å²) >= 11 is 5.11. The van der Waals surface area contributed by atoms with E-state index in [0.29, 0.717) is 48.1 Å². The van der Waals surface area contributed by atoms with Gasteiger partial charge in [0.05, 0.1) is 0 Å². The number of hydrogen-bond acceptors (Lipinski definition) is 9. The lowest BCUT2D eigenvalue weighted by Gasteiger charge is -2.31. The predicted octanol–water partition coefficient (Wildman–Crippen LogP) is 5.01. The maximum Gasteiger partial charge on any atom is 0.410 e. The van der Waals surface area contributed by atoms with E-state index < -0.39 is 5.60 Å². The Balaban J connectivity index is 1.36. The molecule has 2 aliphatic rings. The van der Waals surface area contributed by atoms with Crippen molar-refractivity contribution < 1.29 is 19.0 Å². The third kappa shape index (κ3) is 5.24. The molecule has 0 bridgehead atoms. The molecule has 1 aromatic carbocycles. The van der Waals surface area contributed by atoms with Crippen molar-refractivity contribution in [2.45, 2.75) is 55.8 Å². The molecule has 2 aliphatic heterocycles. The highest BCUT2D eigenvalue weighted by Crippen LogP contribution is 2.43. The summed E-state index contributed by atoms with van der Waals surface area (Å²) in [5.41, 5.74) is 8.13. The normalized spacial score (nSPS) is 15.4. The van der Waals surface area contributed by atoms with E-state index in [-0.39, 0.29) is 12.9 Å². The smallest absolute Gasteiger partial charge is 0.410 e. The molecule has 5 rings (SSSR count). The first-order chi connectivity index (χ1) is 17.2. The minimum absolute atomic E-state index is 0.208. The van der Waals surface area contributed by atoms with Crippen LogP contribution in [0, 0.1) is 0 Å². The Labute approximate surface area is 221 Å². The number of fused-ring (bicyclic) bond motifs is 2. The summed E-state index contributed by atoms with van der Waals surface area (Å²) < 4.78 is 19.4. The number of amides is 1. The van der Waals surface area contributed by atoms with Crippen molar-refractivity contribution in [3.8, 4) is 11.5 Å². The van der Waals surface area contributed by atoms with Crippen LogP contribution in [-0.2, 0) is 11.3 Å². The number of nitrogen functional groups attached to an aromatic ring is 1. The molecule has 4 heterocycles. The van der Waals surface area contributed by atoms with Gasteiger partial charge in [-0.25, -0.2) is 19.7 Å². The highest BCUT2D eigenvalue weighted by molar-refractivity contribution is 9.10. The number of halogens is 1. The number of piperidine rings is 1. The number of ether oxygens (including phenoxy) is 3. The summed E-state index contributed by atoms with van der Waals surface area (Å²) in [7, 11) is 0. The van der Waals surface area contributed by atoms with Crippen LogP contribution in [0.5, 0.6) is 11.5 Å². The van der Waals surface area contributed by atoms with E-state index in [9.17, 15) is 4.79 Å². The highest BCUT2D eigenvalue weighted by Gasteiger charge is 2.25. The molecule has 0 spiro atoms. The molecule has 0 unspecified atom stereocenters. The lowest BCUT2D eigenvalue weighted by Crippen LogP contribution is -2.40. The number of nitrogens with two attached hydrogens (primary N) is 1. The maximum absolute atomic E-state index is 12.4. The van der Waals surface area contributed by atoms with Crippen molar-refractivity contribution in [3.63, 3.8) is 0 Å². The maximum atomic E-state index is 12.4. The molecule has 12 heteroatoms. The number of carbonyl (C=O) groups excluding carboxylic acids is 1. The van der Waals surface area contributed by atoms with Crippen molar-refractivity contribution in [1.29, 1.82) is 0 Å². The molecule has 3 aromatic rings. The summed E-state index contributed by atoms with van der Waals surface area (Å²) in [5, 5.41) is 0.736. The quantitative estimate of drug-likeness (QED) is 0.429. The van der Waals surface area contributed by atoms with Gasteiger partial charge < -0.3 is 24.8 Å². The van der Waals surface area contributed by atoms with Gasteiger partial charge in [-0.15, -0.1) is 0 Å². The number of nitrogens with zero attached hydrogens (tertiary/aromatic N) is 5. The van der Waals surface area contributed by atoms with Gasteiger partial charge in [0.25, 0.3) is 0 Å². The van der Waals surface area contributed by atoms with Crippen LogP contribution in [0.2, 0.25) is 0 Å².